The summed E-state index contributed by atoms with van der Waals surface area (Å²) in [6.45, 7) is 2.23. The smallest absolute Gasteiger partial charge is 0.0431 e. The van der Waals surface area contributed by atoms with Crippen LogP contribution in [-0.2, 0) is 6.54 Å². The Balaban J connectivity index is 1.99. The molecule has 0 unspecified atom stereocenters. The summed E-state index contributed by atoms with van der Waals surface area (Å²) in [4.78, 5) is 3.96. The average molecular weight is 194 g/mol. The first-order chi connectivity index (χ1) is 6.93. The van der Waals surface area contributed by atoms with Gasteiger partial charge in [0, 0.05) is 25.5 Å². The molecule has 0 saturated carbocycles. The first-order valence-corrected chi connectivity index (χ1v) is 5.14. The summed E-state index contributed by atoms with van der Waals surface area (Å²) in [5.74, 6) is 0. The molecule has 0 bridgehead atoms. The van der Waals surface area contributed by atoms with Gasteiger partial charge < -0.3 is 10.4 Å². The van der Waals surface area contributed by atoms with Crippen LogP contribution in [0.15, 0.2) is 24.5 Å². The summed E-state index contributed by atoms with van der Waals surface area (Å²) in [5.41, 5.74) is 1.27. The SMILES string of the molecule is OCCCCCNCc1ccncc1. The van der Waals surface area contributed by atoms with Crippen molar-refractivity contribution in [3.8, 4) is 0 Å². The minimum absolute atomic E-state index is 0.310. The number of aliphatic hydroxyl groups is 1. The molecule has 3 nitrogen and oxygen atoms in total. The van der Waals surface area contributed by atoms with Gasteiger partial charge in [0.05, 0.1) is 0 Å². The van der Waals surface area contributed by atoms with Gasteiger partial charge in [0.25, 0.3) is 0 Å². The normalized spacial score (nSPS) is 10.4. The lowest BCUT2D eigenvalue weighted by molar-refractivity contribution is 0.283. The molecule has 0 atom stereocenters. The van der Waals surface area contributed by atoms with E-state index in [-0.39, 0.29) is 0 Å². The van der Waals surface area contributed by atoms with Gasteiger partial charge in [0.15, 0.2) is 0 Å². The fourth-order valence-electron chi connectivity index (χ4n) is 1.27. The van der Waals surface area contributed by atoms with Crippen molar-refractivity contribution in [3.05, 3.63) is 30.1 Å². The molecule has 1 heterocycles. The zero-order valence-electron chi connectivity index (χ0n) is 8.45. The van der Waals surface area contributed by atoms with Crippen LogP contribution in [-0.4, -0.2) is 23.2 Å². The van der Waals surface area contributed by atoms with Crippen LogP contribution < -0.4 is 5.32 Å². The van der Waals surface area contributed by atoms with Gasteiger partial charge >= 0.3 is 0 Å². The van der Waals surface area contributed by atoms with Crippen LogP contribution in [0.5, 0.6) is 0 Å². The van der Waals surface area contributed by atoms with Crippen molar-refractivity contribution in [2.24, 2.45) is 0 Å². The van der Waals surface area contributed by atoms with Gasteiger partial charge in [0.1, 0.15) is 0 Å². The number of nitrogens with one attached hydrogen (secondary N) is 1. The summed E-state index contributed by atoms with van der Waals surface area (Å²) in [6.07, 6.45) is 6.76. The van der Waals surface area contributed by atoms with Crippen LogP contribution in [0.25, 0.3) is 0 Å². The minimum atomic E-state index is 0.310. The molecule has 1 aromatic heterocycles. The maximum atomic E-state index is 8.57. The Bertz CT molecular complexity index is 226. The molecular weight excluding hydrogens is 176 g/mol. The molecule has 0 amide bonds. The first-order valence-electron chi connectivity index (χ1n) is 5.14. The lowest BCUT2D eigenvalue weighted by Gasteiger charge is -2.03. The van der Waals surface area contributed by atoms with E-state index in [2.05, 4.69) is 10.3 Å². The van der Waals surface area contributed by atoms with Gasteiger partial charge in [-0.3, -0.25) is 4.98 Å². The number of hydrogen-bond donors (Lipinski definition) is 2. The standard InChI is InChI=1S/C11H18N2O/c14-9-3-1-2-6-13-10-11-4-7-12-8-5-11/h4-5,7-8,13-14H,1-3,6,9-10H2. The van der Waals surface area contributed by atoms with E-state index in [4.69, 9.17) is 5.11 Å². The number of hydrogen-bond acceptors (Lipinski definition) is 3. The molecule has 0 fully saturated rings. The molecule has 0 radical (unpaired) electrons. The molecule has 3 heteroatoms. The predicted octanol–water partition coefficient (Wildman–Crippen LogP) is 1.33. The fourth-order valence-corrected chi connectivity index (χ4v) is 1.27. The van der Waals surface area contributed by atoms with E-state index < -0.39 is 0 Å². The van der Waals surface area contributed by atoms with Crippen LogP contribution in [0.4, 0.5) is 0 Å². The number of unbranched alkanes of at least 4 members (excludes halogenated alkanes) is 2. The number of aromatic nitrogens is 1. The zero-order valence-corrected chi connectivity index (χ0v) is 8.45. The Morgan fingerprint density at radius 2 is 1.93 bits per heavy atom. The predicted molar refractivity (Wildman–Crippen MR) is 56.9 cm³/mol. The van der Waals surface area contributed by atoms with Crippen molar-refractivity contribution in [1.82, 2.24) is 10.3 Å². The van der Waals surface area contributed by atoms with Gasteiger partial charge in [0.2, 0.25) is 0 Å². The fraction of sp³-hybridized carbons (Fsp3) is 0.545. The topological polar surface area (TPSA) is 45.1 Å². The average Bonchev–Trinajstić information content (AvgIpc) is 2.25. The van der Waals surface area contributed by atoms with Gasteiger partial charge in [-0.1, -0.05) is 0 Å². The van der Waals surface area contributed by atoms with Crippen molar-refractivity contribution in [2.45, 2.75) is 25.8 Å². The van der Waals surface area contributed by atoms with Gasteiger partial charge in [-0.25, -0.2) is 0 Å². The summed E-state index contributed by atoms with van der Waals surface area (Å²) in [5, 5.41) is 11.9. The zero-order chi connectivity index (χ0) is 10.1. The third kappa shape index (κ3) is 4.94. The third-order valence-electron chi connectivity index (χ3n) is 2.09. The Labute approximate surface area is 85.2 Å². The minimum Gasteiger partial charge on any atom is -0.396 e. The van der Waals surface area contributed by atoms with Gasteiger partial charge in [-0.15, -0.1) is 0 Å². The summed E-state index contributed by atoms with van der Waals surface area (Å²) in [6, 6.07) is 4.03. The number of pyridine rings is 1. The van der Waals surface area contributed by atoms with Gasteiger partial charge in [-0.2, -0.15) is 0 Å². The molecule has 0 saturated heterocycles. The van der Waals surface area contributed by atoms with E-state index in [1.54, 1.807) is 0 Å². The lowest BCUT2D eigenvalue weighted by Crippen LogP contribution is -2.14. The maximum Gasteiger partial charge on any atom is 0.0431 e. The highest BCUT2D eigenvalue weighted by Crippen LogP contribution is 1.96. The molecule has 14 heavy (non-hydrogen) atoms. The molecule has 0 aromatic carbocycles. The molecule has 0 aliphatic rings. The second-order valence-electron chi connectivity index (χ2n) is 3.32. The van der Waals surface area contributed by atoms with Crippen molar-refractivity contribution in [1.29, 1.82) is 0 Å². The Hall–Kier alpha value is -0.930. The van der Waals surface area contributed by atoms with E-state index >= 15 is 0 Å². The highest BCUT2D eigenvalue weighted by molar-refractivity contribution is 5.08. The largest absolute Gasteiger partial charge is 0.396 e. The van der Waals surface area contributed by atoms with Crippen LogP contribution >= 0.6 is 0 Å². The van der Waals surface area contributed by atoms with Gasteiger partial charge in [-0.05, 0) is 43.5 Å². The highest BCUT2D eigenvalue weighted by Gasteiger charge is 1.91. The Morgan fingerprint density at radius 1 is 1.14 bits per heavy atom. The van der Waals surface area contributed by atoms with Crippen LogP contribution in [0.2, 0.25) is 0 Å². The molecule has 0 aliphatic heterocycles. The van der Waals surface area contributed by atoms with E-state index in [1.165, 1.54) is 5.56 Å². The van der Waals surface area contributed by atoms with E-state index in [1.807, 2.05) is 24.5 Å². The number of nitrogens with zero attached hydrogens (tertiary/aromatic N) is 1. The van der Waals surface area contributed by atoms with Crippen LogP contribution in [0.3, 0.4) is 0 Å². The number of rotatable bonds is 7. The van der Waals surface area contributed by atoms with Crippen LogP contribution in [0, 0.1) is 0 Å². The summed E-state index contributed by atoms with van der Waals surface area (Å²) < 4.78 is 0. The van der Waals surface area contributed by atoms with Crippen LogP contribution in [0.1, 0.15) is 24.8 Å². The Morgan fingerprint density at radius 3 is 2.64 bits per heavy atom. The molecule has 0 spiro atoms. The van der Waals surface area contributed by atoms with E-state index in [0.717, 1.165) is 32.4 Å². The molecule has 0 aliphatic carbocycles. The first kappa shape index (κ1) is 11.1. The second kappa shape index (κ2) is 7.47. The van der Waals surface area contributed by atoms with Crippen molar-refractivity contribution in [3.63, 3.8) is 0 Å². The lowest BCUT2D eigenvalue weighted by atomic mass is 10.2. The molecule has 1 aromatic rings. The monoisotopic (exact) mass is 194 g/mol. The van der Waals surface area contributed by atoms with Crippen molar-refractivity contribution in [2.75, 3.05) is 13.2 Å². The Kier molecular flexibility index (Phi) is 5.95. The summed E-state index contributed by atoms with van der Waals surface area (Å²) in [7, 11) is 0. The van der Waals surface area contributed by atoms with E-state index in [9.17, 15) is 0 Å². The summed E-state index contributed by atoms with van der Waals surface area (Å²) >= 11 is 0. The third-order valence-corrected chi connectivity index (χ3v) is 2.09. The second-order valence-corrected chi connectivity index (χ2v) is 3.32. The quantitative estimate of drug-likeness (QED) is 0.644. The molecule has 1 rings (SSSR count). The highest BCUT2D eigenvalue weighted by atomic mass is 16.2. The van der Waals surface area contributed by atoms with E-state index in [0.29, 0.717) is 6.61 Å². The molecule has 78 valence electrons. The number of aliphatic hydroxyl groups excluding tert-OH is 1. The maximum absolute atomic E-state index is 8.57. The molecular formula is C11H18N2O. The molecule has 2 N–H and O–H groups in total. The van der Waals surface area contributed by atoms with Crippen molar-refractivity contribution >= 4 is 0 Å². The van der Waals surface area contributed by atoms with Crippen molar-refractivity contribution < 1.29 is 5.11 Å².